The Bertz CT molecular complexity index is 529. The summed E-state index contributed by atoms with van der Waals surface area (Å²) >= 11 is 3.31. The van der Waals surface area contributed by atoms with Crippen LogP contribution in [0.4, 0.5) is 5.69 Å². The maximum Gasteiger partial charge on any atom is 0.172 e. The molecule has 0 spiro atoms. The molecule has 0 saturated heterocycles. The third-order valence-corrected chi connectivity index (χ3v) is 3.18. The summed E-state index contributed by atoms with van der Waals surface area (Å²) in [7, 11) is 1.54. The molecule has 3 nitrogen and oxygen atoms in total. The average molecular weight is 308 g/mol. The van der Waals surface area contributed by atoms with Gasteiger partial charge in [-0.25, -0.2) is 0 Å². The topological polar surface area (TPSA) is 41.5 Å². The number of methoxy groups -OCH3 is 1. The molecular weight excluding hydrogens is 294 g/mol. The summed E-state index contributed by atoms with van der Waals surface area (Å²) in [6, 6.07) is 13.6. The number of para-hydroxylation sites is 1. The Morgan fingerprint density at radius 1 is 1.22 bits per heavy atom. The van der Waals surface area contributed by atoms with Gasteiger partial charge in [-0.05, 0) is 45.8 Å². The minimum Gasteiger partial charge on any atom is -0.503 e. The maximum absolute atomic E-state index is 9.71. The summed E-state index contributed by atoms with van der Waals surface area (Å²) in [5.74, 6) is 0.593. The van der Waals surface area contributed by atoms with Gasteiger partial charge in [0.2, 0.25) is 0 Å². The maximum atomic E-state index is 9.71. The van der Waals surface area contributed by atoms with Gasteiger partial charge in [0.05, 0.1) is 11.6 Å². The zero-order valence-electron chi connectivity index (χ0n) is 9.98. The molecule has 2 rings (SSSR count). The number of hydrogen-bond acceptors (Lipinski definition) is 3. The summed E-state index contributed by atoms with van der Waals surface area (Å²) in [5.41, 5.74) is 2.08. The summed E-state index contributed by atoms with van der Waals surface area (Å²) in [5, 5.41) is 13.0. The zero-order valence-corrected chi connectivity index (χ0v) is 11.6. The van der Waals surface area contributed by atoms with Crippen LogP contribution in [0, 0.1) is 0 Å². The molecule has 2 aromatic carbocycles. The van der Waals surface area contributed by atoms with E-state index in [1.54, 1.807) is 0 Å². The lowest BCUT2D eigenvalue weighted by molar-refractivity contribution is 0.371. The third-order valence-electron chi connectivity index (χ3n) is 2.58. The Balaban J connectivity index is 2.13. The van der Waals surface area contributed by atoms with E-state index in [1.165, 1.54) is 7.11 Å². The van der Waals surface area contributed by atoms with Crippen molar-refractivity contribution >= 4 is 21.6 Å². The molecule has 18 heavy (non-hydrogen) atoms. The lowest BCUT2D eigenvalue weighted by atomic mass is 10.2. The van der Waals surface area contributed by atoms with Gasteiger partial charge in [-0.1, -0.05) is 18.2 Å². The second-order valence-electron chi connectivity index (χ2n) is 3.85. The van der Waals surface area contributed by atoms with E-state index in [9.17, 15) is 5.11 Å². The van der Waals surface area contributed by atoms with Crippen molar-refractivity contribution in [2.75, 3.05) is 12.4 Å². The molecule has 0 unspecified atom stereocenters. The van der Waals surface area contributed by atoms with E-state index in [0.717, 1.165) is 11.3 Å². The van der Waals surface area contributed by atoms with Crippen LogP contribution in [0.25, 0.3) is 0 Å². The SMILES string of the molecule is COc1cc(CNc2ccccc2)cc(Br)c1O. The highest BCUT2D eigenvalue weighted by molar-refractivity contribution is 9.10. The van der Waals surface area contributed by atoms with E-state index in [4.69, 9.17) is 4.74 Å². The molecule has 0 aliphatic rings. The van der Waals surface area contributed by atoms with Crippen LogP contribution in [0.1, 0.15) is 5.56 Å². The molecule has 0 amide bonds. The molecule has 0 aliphatic carbocycles. The quantitative estimate of drug-likeness (QED) is 0.903. The Morgan fingerprint density at radius 3 is 2.61 bits per heavy atom. The number of hydrogen-bond donors (Lipinski definition) is 2. The van der Waals surface area contributed by atoms with Crippen LogP contribution >= 0.6 is 15.9 Å². The van der Waals surface area contributed by atoms with Crippen molar-refractivity contribution in [1.29, 1.82) is 0 Å². The number of ether oxygens (including phenoxy) is 1. The summed E-state index contributed by atoms with van der Waals surface area (Å²) in [4.78, 5) is 0. The zero-order chi connectivity index (χ0) is 13.0. The van der Waals surface area contributed by atoms with E-state index < -0.39 is 0 Å². The first kappa shape index (κ1) is 12.8. The number of benzene rings is 2. The van der Waals surface area contributed by atoms with Gasteiger partial charge in [0.15, 0.2) is 11.5 Å². The Labute approximate surface area is 115 Å². The predicted molar refractivity (Wildman–Crippen MR) is 76.1 cm³/mol. The third kappa shape index (κ3) is 2.96. The number of aromatic hydroxyl groups is 1. The molecule has 0 fully saturated rings. The van der Waals surface area contributed by atoms with Crippen LogP contribution in [0.5, 0.6) is 11.5 Å². The Hall–Kier alpha value is -1.68. The minimum atomic E-state index is 0.126. The fraction of sp³-hybridized carbons (Fsp3) is 0.143. The summed E-state index contributed by atoms with van der Waals surface area (Å²) in [6.07, 6.45) is 0. The molecule has 0 saturated carbocycles. The van der Waals surface area contributed by atoms with Crippen molar-refractivity contribution in [3.63, 3.8) is 0 Å². The van der Waals surface area contributed by atoms with Gasteiger partial charge in [-0.2, -0.15) is 0 Å². The van der Waals surface area contributed by atoms with Crippen LogP contribution in [0.15, 0.2) is 46.9 Å². The van der Waals surface area contributed by atoms with Crippen molar-refractivity contribution in [3.8, 4) is 11.5 Å². The number of phenolic OH excluding ortho intramolecular Hbond substituents is 1. The first-order valence-corrected chi connectivity index (χ1v) is 6.34. The largest absolute Gasteiger partial charge is 0.503 e. The number of nitrogens with one attached hydrogen (secondary N) is 1. The molecule has 0 bridgehead atoms. The van der Waals surface area contributed by atoms with Crippen LogP contribution < -0.4 is 10.1 Å². The van der Waals surface area contributed by atoms with Gasteiger partial charge < -0.3 is 15.2 Å². The number of phenols is 1. The fourth-order valence-corrected chi connectivity index (χ4v) is 2.13. The highest BCUT2D eigenvalue weighted by atomic mass is 79.9. The smallest absolute Gasteiger partial charge is 0.172 e. The molecule has 0 aliphatic heterocycles. The van der Waals surface area contributed by atoms with Gasteiger partial charge in [-0.15, -0.1) is 0 Å². The van der Waals surface area contributed by atoms with Gasteiger partial charge >= 0.3 is 0 Å². The van der Waals surface area contributed by atoms with E-state index in [1.807, 2.05) is 42.5 Å². The highest BCUT2D eigenvalue weighted by Crippen LogP contribution is 2.35. The average Bonchev–Trinajstić information content (AvgIpc) is 2.41. The number of anilines is 1. The Morgan fingerprint density at radius 2 is 1.94 bits per heavy atom. The molecular formula is C14H14BrNO2. The van der Waals surface area contributed by atoms with Crippen molar-refractivity contribution in [2.45, 2.75) is 6.54 Å². The monoisotopic (exact) mass is 307 g/mol. The molecule has 0 heterocycles. The van der Waals surface area contributed by atoms with Crippen molar-refractivity contribution in [2.24, 2.45) is 0 Å². The molecule has 2 aromatic rings. The second kappa shape index (κ2) is 5.78. The van der Waals surface area contributed by atoms with E-state index >= 15 is 0 Å². The predicted octanol–water partition coefficient (Wildman–Crippen LogP) is 3.78. The summed E-state index contributed by atoms with van der Waals surface area (Å²) < 4.78 is 5.74. The van der Waals surface area contributed by atoms with Crippen LogP contribution in [0.2, 0.25) is 0 Å². The lowest BCUT2D eigenvalue weighted by Gasteiger charge is -2.10. The van der Waals surface area contributed by atoms with Crippen molar-refractivity contribution < 1.29 is 9.84 Å². The van der Waals surface area contributed by atoms with Gasteiger partial charge in [-0.3, -0.25) is 0 Å². The molecule has 0 aromatic heterocycles. The van der Waals surface area contributed by atoms with Crippen LogP contribution in [-0.4, -0.2) is 12.2 Å². The first-order valence-electron chi connectivity index (χ1n) is 5.55. The first-order chi connectivity index (χ1) is 8.70. The van der Waals surface area contributed by atoms with E-state index in [2.05, 4.69) is 21.2 Å². The fourth-order valence-electron chi connectivity index (χ4n) is 1.65. The van der Waals surface area contributed by atoms with Gasteiger partial charge in [0, 0.05) is 12.2 Å². The molecule has 0 radical (unpaired) electrons. The van der Waals surface area contributed by atoms with Crippen LogP contribution in [0.3, 0.4) is 0 Å². The Kier molecular flexibility index (Phi) is 4.10. The van der Waals surface area contributed by atoms with Crippen molar-refractivity contribution in [1.82, 2.24) is 0 Å². The van der Waals surface area contributed by atoms with Crippen LogP contribution in [-0.2, 0) is 6.54 Å². The van der Waals surface area contributed by atoms with Gasteiger partial charge in [0.1, 0.15) is 0 Å². The number of rotatable bonds is 4. The molecule has 2 N–H and O–H groups in total. The minimum absolute atomic E-state index is 0.126. The van der Waals surface area contributed by atoms with E-state index in [-0.39, 0.29) is 5.75 Å². The standard InChI is InChI=1S/C14H14BrNO2/c1-18-13-8-10(7-12(15)14(13)17)9-16-11-5-3-2-4-6-11/h2-8,16-17H,9H2,1H3. The number of halogens is 1. The van der Waals surface area contributed by atoms with Gasteiger partial charge in [0.25, 0.3) is 0 Å². The lowest BCUT2D eigenvalue weighted by Crippen LogP contribution is -1.99. The molecule has 94 valence electrons. The highest BCUT2D eigenvalue weighted by Gasteiger charge is 2.08. The summed E-state index contributed by atoms with van der Waals surface area (Å²) in [6.45, 7) is 0.666. The molecule has 4 heteroatoms. The van der Waals surface area contributed by atoms with E-state index in [0.29, 0.717) is 16.8 Å². The van der Waals surface area contributed by atoms with Crippen molar-refractivity contribution in [3.05, 3.63) is 52.5 Å². The second-order valence-corrected chi connectivity index (χ2v) is 4.70. The molecule has 0 atom stereocenters. The normalized spacial score (nSPS) is 10.1.